The lowest BCUT2D eigenvalue weighted by molar-refractivity contribution is 0.282. The van der Waals surface area contributed by atoms with Crippen LogP contribution in [0.3, 0.4) is 0 Å². The quantitative estimate of drug-likeness (QED) is 0.797. The summed E-state index contributed by atoms with van der Waals surface area (Å²) in [6.45, 7) is 0.672. The Balaban J connectivity index is 2.04. The molecule has 4 heteroatoms. The van der Waals surface area contributed by atoms with Crippen molar-refractivity contribution >= 4 is 5.69 Å². The topological polar surface area (TPSA) is 58.3 Å². The van der Waals surface area contributed by atoms with Crippen molar-refractivity contribution in [1.29, 1.82) is 0 Å². The van der Waals surface area contributed by atoms with Crippen LogP contribution >= 0.6 is 0 Å². The van der Waals surface area contributed by atoms with Crippen LogP contribution in [0.5, 0.6) is 0 Å². The number of furan rings is 1. The van der Waals surface area contributed by atoms with E-state index in [1.807, 2.05) is 6.07 Å². The Kier molecular flexibility index (Phi) is 2.99. The number of aliphatic hydroxyl groups excluding tert-OH is 1. The standard InChI is InChI=1S/C11H12N2O2/c14-7-10-1-3-12-6-11(10)13-5-9-2-4-15-8-9/h1-4,6,8,13-14H,5,7H2. The fourth-order valence-corrected chi connectivity index (χ4v) is 1.31. The number of aliphatic hydroxyl groups is 1. The SMILES string of the molecule is OCc1ccncc1NCc1ccoc1. The molecule has 0 saturated carbocycles. The minimum Gasteiger partial charge on any atom is -0.472 e. The van der Waals surface area contributed by atoms with Crippen molar-refractivity contribution in [3.8, 4) is 0 Å². The molecule has 0 aromatic carbocycles. The summed E-state index contributed by atoms with van der Waals surface area (Å²) in [6.07, 6.45) is 6.68. The van der Waals surface area contributed by atoms with E-state index in [0.717, 1.165) is 16.8 Å². The van der Waals surface area contributed by atoms with Gasteiger partial charge in [-0.05, 0) is 12.1 Å². The zero-order valence-corrected chi connectivity index (χ0v) is 8.18. The van der Waals surface area contributed by atoms with Gasteiger partial charge in [0.15, 0.2) is 0 Å². The van der Waals surface area contributed by atoms with Crippen LogP contribution in [-0.4, -0.2) is 10.1 Å². The molecule has 0 aliphatic rings. The van der Waals surface area contributed by atoms with Crippen molar-refractivity contribution in [2.75, 3.05) is 5.32 Å². The predicted molar refractivity (Wildman–Crippen MR) is 56.2 cm³/mol. The summed E-state index contributed by atoms with van der Waals surface area (Å²) in [7, 11) is 0. The van der Waals surface area contributed by atoms with Crippen LogP contribution in [0, 0.1) is 0 Å². The van der Waals surface area contributed by atoms with E-state index in [0.29, 0.717) is 6.54 Å². The number of rotatable bonds is 4. The van der Waals surface area contributed by atoms with Gasteiger partial charge in [-0.3, -0.25) is 4.98 Å². The highest BCUT2D eigenvalue weighted by Gasteiger charge is 2.00. The van der Waals surface area contributed by atoms with E-state index in [9.17, 15) is 0 Å². The average molecular weight is 204 g/mol. The fourth-order valence-electron chi connectivity index (χ4n) is 1.31. The number of nitrogens with one attached hydrogen (secondary N) is 1. The van der Waals surface area contributed by atoms with Crippen molar-refractivity contribution in [2.24, 2.45) is 0 Å². The first-order valence-corrected chi connectivity index (χ1v) is 4.69. The highest BCUT2D eigenvalue weighted by Crippen LogP contribution is 2.14. The smallest absolute Gasteiger partial charge is 0.0952 e. The second-order valence-electron chi connectivity index (χ2n) is 3.18. The zero-order chi connectivity index (χ0) is 10.5. The van der Waals surface area contributed by atoms with E-state index in [-0.39, 0.29) is 6.61 Å². The highest BCUT2D eigenvalue weighted by molar-refractivity contribution is 5.48. The molecule has 78 valence electrons. The van der Waals surface area contributed by atoms with Gasteiger partial charge in [0, 0.05) is 23.9 Å². The second kappa shape index (κ2) is 4.61. The molecule has 0 amide bonds. The molecule has 2 aromatic heterocycles. The molecule has 0 spiro atoms. The monoisotopic (exact) mass is 204 g/mol. The summed E-state index contributed by atoms with van der Waals surface area (Å²) in [5, 5.41) is 12.3. The molecule has 0 unspecified atom stereocenters. The first kappa shape index (κ1) is 9.73. The highest BCUT2D eigenvalue weighted by atomic mass is 16.3. The third kappa shape index (κ3) is 2.35. The summed E-state index contributed by atoms with van der Waals surface area (Å²) in [5.74, 6) is 0. The summed E-state index contributed by atoms with van der Waals surface area (Å²) < 4.78 is 4.95. The summed E-state index contributed by atoms with van der Waals surface area (Å²) in [4.78, 5) is 4.00. The molecule has 2 N–H and O–H groups in total. The Morgan fingerprint density at radius 3 is 3.07 bits per heavy atom. The molecule has 2 aromatic rings. The molecule has 0 bridgehead atoms. The number of nitrogens with zero attached hydrogens (tertiary/aromatic N) is 1. The van der Waals surface area contributed by atoms with Gasteiger partial charge < -0.3 is 14.8 Å². The Labute approximate surface area is 87.6 Å². The number of anilines is 1. The average Bonchev–Trinajstić information content (AvgIpc) is 2.79. The first-order chi connectivity index (χ1) is 7.40. The van der Waals surface area contributed by atoms with Gasteiger partial charge >= 0.3 is 0 Å². The minimum atomic E-state index is 0.0102. The van der Waals surface area contributed by atoms with Crippen LogP contribution in [-0.2, 0) is 13.2 Å². The van der Waals surface area contributed by atoms with E-state index in [1.165, 1.54) is 0 Å². The van der Waals surface area contributed by atoms with Gasteiger partial charge in [-0.1, -0.05) is 0 Å². The maximum absolute atomic E-state index is 9.09. The van der Waals surface area contributed by atoms with Crippen molar-refractivity contribution in [3.05, 3.63) is 48.2 Å². The first-order valence-electron chi connectivity index (χ1n) is 4.69. The number of pyridine rings is 1. The van der Waals surface area contributed by atoms with Gasteiger partial charge in [0.05, 0.1) is 31.0 Å². The van der Waals surface area contributed by atoms with Crippen molar-refractivity contribution in [2.45, 2.75) is 13.2 Å². The third-order valence-corrected chi connectivity index (χ3v) is 2.14. The molecular weight excluding hydrogens is 192 g/mol. The largest absolute Gasteiger partial charge is 0.472 e. The van der Waals surface area contributed by atoms with Gasteiger partial charge in [-0.2, -0.15) is 0 Å². The molecule has 0 atom stereocenters. The summed E-state index contributed by atoms with van der Waals surface area (Å²) in [6, 6.07) is 3.68. The van der Waals surface area contributed by atoms with Crippen molar-refractivity contribution in [1.82, 2.24) is 4.98 Å². The van der Waals surface area contributed by atoms with E-state index in [4.69, 9.17) is 9.52 Å². The lowest BCUT2D eigenvalue weighted by atomic mass is 10.2. The van der Waals surface area contributed by atoms with Crippen molar-refractivity contribution < 1.29 is 9.52 Å². The van der Waals surface area contributed by atoms with Crippen LogP contribution < -0.4 is 5.32 Å². The third-order valence-electron chi connectivity index (χ3n) is 2.14. The van der Waals surface area contributed by atoms with E-state index in [2.05, 4.69) is 10.3 Å². The Morgan fingerprint density at radius 1 is 1.40 bits per heavy atom. The molecule has 0 radical (unpaired) electrons. The van der Waals surface area contributed by atoms with Crippen LogP contribution in [0.25, 0.3) is 0 Å². The fraction of sp³-hybridized carbons (Fsp3) is 0.182. The van der Waals surface area contributed by atoms with Crippen LogP contribution in [0.4, 0.5) is 5.69 Å². The van der Waals surface area contributed by atoms with Gasteiger partial charge in [-0.15, -0.1) is 0 Å². The molecule has 0 aliphatic carbocycles. The molecule has 0 aliphatic heterocycles. The normalized spacial score (nSPS) is 10.2. The lowest BCUT2D eigenvalue weighted by Crippen LogP contribution is -2.02. The van der Waals surface area contributed by atoms with Crippen LogP contribution in [0.15, 0.2) is 41.5 Å². The Morgan fingerprint density at radius 2 is 2.33 bits per heavy atom. The van der Waals surface area contributed by atoms with Crippen LogP contribution in [0.2, 0.25) is 0 Å². The van der Waals surface area contributed by atoms with Crippen molar-refractivity contribution in [3.63, 3.8) is 0 Å². The summed E-state index contributed by atoms with van der Waals surface area (Å²) >= 11 is 0. The Hall–Kier alpha value is -1.81. The molecule has 15 heavy (non-hydrogen) atoms. The van der Waals surface area contributed by atoms with Crippen LogP contribution in [0.1, 0.15) is 11.1 Å². The van der Waals surface area contributed by atoms with Gasteiger partial charge in [0.2, 0.25) is 0 Å². The van der Waals surface area contributed by atoms with E-state index in [1.54, 1.807) is 31.0 Å². The molecular formula is C11H12N2O2. The number of aromatic nitrogens is 1. The molecule has 0 fully saturated rings. The second-order valence-corrected chi connectivity index (χ2v) is 3.18. The molecule has 4 nitrogen and oxygen atoms in total. The summed E-state index contributed by atoms with van der Waals surface area (Å²) in [5.41, 5.74) is 2.75. The van der Waals surface area contributed by atoms with Gasteiger partial charge in [0.25, 0.3) is 0 Å². The molecule has 0 saturated heterocycles. The van der Waals surface area contributed by atoms with E-state index < -0.39 is 0 Å². The van der Waals surface area contributed by atoms with Gasteiger partial charge in [0.1, 0.15) is 0 Å². The maximum Gasteiger partial charge on any atom is 0.0952 e. The lowest BCUT2D eigenvalue weighted by Gasteiger charge is -2.08. The van der Waals surface area contributed by atoms with E-state index >= 15 is 0 Å². The Bertz CT molecular complexity index is 412. The number of hydrogen-bond donors (Lipinski definition) is 2. The zero-order valence-electron chi connectivity index (χ0n) is 8.18. The molecule has 2 heterocycles. The maximum atomic E-state index is 9.09. The number of hydrogen-bond acceptors (Lipinski definition) is 4. The van der Waals surface area contributed by atoms with Gasteiger partial charge in [-0.25, -0.2) is 0 Å². The predicted octanol–water partition coefficient (Wildman–Crippen LogP) is 1.78. The molecule has 2 rings (SSSR count). The minimum absolute atomic E-state index is 0.0102.